The Labute approximate surface area is 166 Å². The molecule has 1 fully saturated rings. The van der Waals surface area contributed by atoms with E-state index in [1.54, 1.807) is 21.2 Å². The molecule has 0 radical (unpaired) electrons. The molecule has 1 N–H and O–H groups in total. The molecule has 1 aliphatic rings. The average molecular weight is 384 g/mol. The third-order valence-corrected chi connectivity index (χ3v) is 5.01. The van der Waals surface area contributed by atoms with Crippen LogP contribution in [0.4, 0.5) is 5.82 Å². The first kappa shape index (κ1) is 20.0. The van der Waals surface area contributed by atoms with Crippen molar-refractivity contribution >= 4 is 11.7 Å². The first-order chi connectivity index (χ1) is 13.4. The van der Waals surface area contributed by atoms with Gasteiger partial charge in [-0.05, 0) is 26.3 Å². The molecule has 3 heterocycles. The monoisotopic (exact) mass is 384 g/mol. The number of aryl methyl sites for hydroxylation is 1. The molecule has 0 unspecified atom stereocenters. The Kier molecular flexibility index (Phi) is 6.08. The summed E-state index contributed by atoms with van der Waals surface area (Å²) in [6.45, 7) is 6.33. The molecule has 3 rings (SSSR count). The molecule has 2 aromatic heterocycles. The third-order valence-electron chi connectivity index (χ3n) is 5.01. The second-order valence-corrected chi connectivity index (χ2v) is 7.26. The zero-order chi connectivity index (χ0) is 20.3. The summed E-state index contributed by atoms with van der Waals surface area (Å²) in [6, 6.07) is 6.10. The quantitative estimate of drug-likeness (QED) is 0.809. The van der Waals surface area contributed by atoms with Crippen molar-refractivity contribution in [2.75, 3.05) is 39.2 Å². The van der Waals surface area contributed by atoms with E-state index in [1.807, 2.05) is 32.0 Å². The molecule has 0 saturated carbocycles. The Morgan fingerprint density at radius 2 is 2.07 bits per heavy atom. The van der Waals surface area contributed by atoms with Crippen molar-refractivity contribution in [2.45, 2.75) is 32.9 Å². The number of nitrogens with one attached hydrogen (secondary N) is 1. The maximum Gasteiger partial charge on any atom is 0.291 e. The van der Waals surface area contributed by atoms with Crippen molar-refractivity contribution in [3.63, 3.8) is 0 Å². The summed E-state index contributed by atoms with van der Waals surface area (Å²) >= 11 is 0. The lowest BCUT2D eigenvalue weighted by Crippen LogP contribution is -2.33. The van der Waals surface area contributed by atoms with Crippen LogP contribution in [0.5, 0.6) is 5.88 Å². The van der Waals surface area contributed by atoms with E-state index in [0.29, 0.717) is 18.5 Å². The van der Waals surface area contributed by atoms with Gasteiger partial charge in [-0.15, -0.1) is 0 Å². The zero-order valence-corrected chi connectivity index (χ0v) is 17.2. The molecule has 1 atom stereocenters. The van der Waals surface area contributed by atoms with Gasteiger partial charge in [0.1, 0.15) is 5.82 Å². The lowest BCUT2D eigenvalue weighted by molar-refractivity contribution is 0.0815. The fourth-order valence-electron chi connectivity index (χ4n) is 3.26. The summed E-state index contributed by atoms with van der Waals surface area (Å²) < 4.78 is 5.18. The highest BCUT2D eigenvalue weighted by Gasteiger charge is 2.26. The minimum Gasteiger partial charge on any atom is -0.481 e. The van der Waals surface area contributed by atoms with Gasteiger partial charge in [0.2, 0.25) is 11.7 Å². The van der Waals surface area contributed by atoms with Gasteiger partial charge in [-0.3, -0.25) is 4.79 Å². The van der Waals surface area contributed by atoms with Crippen molar-refractivity contribution in [3.05, 3.63) is 41.0 Å². The maximum absolute atomic E-state index is 12.3. The number of carbonyl (C=O) groups is 1. The highest BCUT2D eigenvalue weighted by Crippen LogP contribution is 2.24. The lowest BCUT2D eigenvalue weighted by atomic mass is 10.2. The summed E-state index contributed by atoms with van der Waals surface area (Å²) in [7, 11) is 5.04. The van der Waals surface area contributed by atoms with E-state index < -0.39 is 0 Å². The van der Waals surface area contributed by atoms with Gasteiger partial charge in [-0.2, -0.15) is 0 Å². The fourth-order valence-corrected chi connectivity index (χ4v) is 3.26. The van der Waals surface area contributed by atoms with E-state index in [4.69, 9.17) is 4.74 Å². The molecule has 1 saturated heterocycles. The summed E-state index contributed by atoms with van der Waals surface area (Å²) in [5.41, 5.74) is 2.81. The molecule has 8 nitrogen and oxygen atoms in total. The topological polar surface area (TPSA) is 83.5 Å². The normalized spacial score (nSPS) is 16.3. The van der Waals surface area contributed by atoms with Gasteiger partial charge in [0, 0.05) is 57.1 Å². The molecular formula is C20H28N6O2. The summed E-state index contributed by atoms with van der Waals surface area (Å²) in [5.74, 6) is 1.54. The number of hydrogen-bond acceptors (Lipinski definition) is 7. The van der Waals surface area contributed by atoms with Crippen LogP contribution in [0.25, 0.3) is 0 Å². The number of methoxy groups -OCH3 is 1. The molecule has 0 bridgehead atoms. The average Bonchev–Trinajstić information content (AvgIpc) is 3.16. The van der Waals surface area contributed by atoms with E-state index >= 15 is 0 Å². The smallest absolute Gasteiger partial charge is 0.291 e. The summed E-state index contributed by atoms with van der Waals surface area (Å²) in [6.07, 6.45) is 1.00. The molecule has 150 valence electrons. The largest absolute Gasteiger partial charge is 0.481 e. The Balaban J connectivity index is 1.68. The van der Waals surface area contributed by atoms with Crippen molar-refractivity contribution in [3.8, 4) is 5.88 Å². The SMILES string of the molecule is COc1cccc(CN[C@@H]2CCN(c3nc(C(=O)N(C)C)nc(C)c3C)C2)n1. The highest BCUT2D eigenvalue weighted by molar-refractivity contribution is 5.90. The van der Waals surface area contributed by atoms with Crippen LogP contribution < -0.4 is 15.0 Å². The van der Waals surface area contributed by atoms with Crippen molar-refractivity contribution in [1.29, 1.82) is 0 Å². The molecule has 28 heavy (non-hydrogen) atoms. The fraction of sp³-hybridized carbons (Fsp3) is 0.500. The van der Waals surface area contributed by atoms with Gasteiger partial charge in [0.05, 0.1) is 12.8 Å². The van der Waals surface area contributed by atoms with Gasteiger partial charge in [-0.25, -0.2) is 15.0 Å². The van der Waals surface area contributed by atoms with Crippen LogP contribution in [-0.4, -0.2) is 66.1 Å². The molecule has 0 aromatic carbocycles. The summed E-state index contributed by atoms with van der Waals surface area (Å²) in [5, 5.41) is 3.56. The predicted molar refractivity (Wildman–Crippen MR) is 108 cm³/mol. The van der Waals surface area contributed by atoms with Gasteiger partial charge in [0.25, 0.3) is 5.91 Å². The molecule has 0 spiro atoms. The number of anilines is 1. The molecule has 8 heteroatoms. The zero-order valence-electron chi connectivity index (χ0n) is 17.2. The van der Waals surface area contributed by atoms with Gasteiger partial charge >= 0.3 is 0 Å². The first-order valence-electron chi connectivity index (χ1n) is 9.44. The Morgan fingerprint density at radius 3 is 2.79 bits per heavy atom. The van der Waals surface area contributed by atoms with E-state index in [0.717, 1.165) is 42.3 Å². The standard InChI is InChI=1S/C20H28N6O2/c1-13-14(2)22-18(20(27)25(3)4)24-19(13)26-10-9-16(12-26)21-11-15-7-6-8-17(23-15)28-5/h6-8,16,21H,9-12H2,1-5H3/t16-/m1/s1. The Bertz CT molecular complexity index is 855. The van der Waals surface area contributed by atoms with Crippen molar-refractivity contribution in [2.24, 2.45) is 0 Å². The third kappa shape index (κ3) is 4.39. The van der Waals surface area contributed by atoms with E-state index in [9.17, 15) is 4.79 Å². The number of amides is 1. The van der Waals surface area contributed by atoms with E-state index in [2.05, 4.69) is 25.2 Å². The molecular weight excluding hydrogens is 356 g/mol. The van der Waals surface area contributed by atoms with Gasteiger partial charge < -0.3 is 19.9 Å². The van der Waals surface area contributed by atoms with Crippen molar-refractivity contribution < 1.29 is 9.53 Å². The Morgan fingerprint density at radius 1 is 1.29 bits per heavy atom. The first-order valence-corrected chi connectivity index (χ1v) is 9.44. The van der Waals surface area contributed by atoms with Crippen LogP contribution in [0.2, 0.25) is 0 Å². The Hall–Kier alpha value is -2.74. The summed E-state index contributed by atoms with van der Waals surface area (Å²) in [4.78, 5) is 29.4. The lowest BCUT2D eigenvalue weighted by Gasteiger charge is -2.22. The van der Waals surface area contributed by atoms with E-state index in [-0.39, 0.29) is 11.7 Å². The number of nitrogens with zero attached hydrogens (tertiary/aromatic N) is 5. The number of aromatic nitrogens is 3. The van der Waals surface area contributed by atoms with Gasteiger partial charge in [0.15, 0.2) is 0 Å². The van der Waals surface area contributed by atoms with Crippen molar-refractivity contribution in [1.82, 2.24) is 25.2 Å². The van der Waals surface area contributed by atoms with Crippen LogP contribution in [0.3, 0.4) is 0 Å². The van der Waals surface area contributed by atoms with Crippen LogP contribution in [0.15, 0.2) is 18.2 Å². The number of hydrogen-bond donors (Lipinski definition) is 1. The van der Waals surface area contributed by atoms with Crippen LogP contribution in [0, 0.1) is 13.8 Å². The number of carbonyl (C=O) groups excluding carboxylic acids is 1. The second-order valence-electron chi connectivity index (χ2n) is 7.26. The van der Waals surface area contributed by atoms with Crippen LogP contribution in [0.1, 0.15) is 34.0 Å². The maximum atomic E-state index is 12.3. The molecule has 1 aliphatic heterocycles. The molecule has 1 amide bonds. The predicted octanol–water partition coefficient (Wildman–Crippen LogP) is 1.57. The highest BCUT2D eigenvalue weighted by atomic mass is 16.5. The van der Waals surface area contributed by atoms with Crippen LogP contribution in [-0.2, 0) is 6.54 Å². The van der Waals surface area contributed by atoms with Crippen LogP contribution >= 0.6 is 0 Å². The molecule has 2 aromatic rings. The number of pyridine rings is 1. The minimum absolute atomic E-state index is 0.178. The number of ether oxygens (including phenoxy) is 1. The minimum atomic E-state index is -0.178. The van der Waals surface area contributed by atoms with E-state index in [1.165, 1.54) is 4.90 Å². The second kappa shape index (κ2) is 8.52. The number of rotatable bonds is 6. The van der Waals surface area contributed by atoms with Gasteiger partial charge in [-0.1, -0.05) is 6.07 Å². The molecule has 0 aliphatic carbocycles.